The highest BCUT2D eigenvalue weighted by molar-refractivity contribution is 5.68. The molecule has 1 aliphatic heterocycles. The summed E-state index contributed by atoms with van der Waals surface area (Å²) in [4.78, 5) is 10.3. The zero-order chi connectivity index (χ0) is 7.56. The average Bonchev–Trinajstić information content (AvgIpc) is 1.88. The summed E-state index contributed by atoms with van der Waals surface area (Å²) in [5, 5.41) is 2.00. The van der Waals surface area contributed by atoms with Gasteiger partial charge in [-0.05, 0) is 0 Å². The molecule has 3 nitrogen and oxygen atoms in total. The van der Waals surface area contributed by atoms with Gasteiger partial charge in [-0.2, -0.15) is 0 Å². The van der Waals surface area contributed by atoms with Crippen LogP contribution in [0.5, 0.6) is 0 Å². The van der Waals surface area contributed by atoms with Crippen LogP contribution in [-0.2, 0) is 4.74 Å². The summed E-state index contributed by atoms with van der Waals surface area (Å²) < 4.78 is 28.0. The molecule has 10 heavy (non-hydrogen) atoms. The highest BCUT2D eigenvalue weighted by atomic mass is 19.3. The second-order valence-corrected chi connectivity index (χ2v) is 2.01. The topological polar surface area (TPSA) is 38.3 Å². The summed E-state index contributed by atoms with van der Waals surface area (Å²) in [6.07, 6.45) is -3.06. The van der Waals surface area contributed by atoms with E-state index >= 15 is 0 Å². The quantitative estimate of drug-likeness (QED) is 0.600. The Morgan fingerprint density at radius 1 is 1.70 bits per heavy atom. The molecule has 1 fully saturated rings. The minimum absolute atomic E-state index is 0.0842. The number of amides is 1. The van der Waals surface area contributed by atoms with Gasteiger partial charge in [-0.25, -0.2) is 13.6 Å². The van der Waals surface area contributed by atoms with Crippen LogP contribution in [0, 0.1) is 0 Å². The van der Waals surface area contributed by atoms with E-state index in [9.17, 15) is 13.6 Å². The van der Waals surface area contributed by atoms with Crippen LogP contribution in [0.1, 0.15) is 6.42 Å². The number of carbonyl (C=O) groups excluding carboxylic acids is 1. The van der Waals surface area contributed by atoms with E-state index in [0.717, 1.165) is 0 Å². The van der Waals surface area contributed by atoms with E-state index in [2.05, 4.69) is 4.74 Å². The van der Waals surface area contributed by atoms with Crippen molar-refractivity contribution in [2.75, 3.05) is 6.61 Å². The van der Waals surface area contributed by atoms with E-state index in [1.54, 1.807) is 0 Å². The molecule has 0 unspecified atom stereocenters. The third-order valence-corrected chi connectivity index (χ3v) is 1.27. The smallest absolute Gasteiger partial charge is 0.407 e. The van der Waals surface area contributed by atoms with Crippen molar-refractivity contribution in [3.63, 3.8) is 0 Å². The normalized spacial score (nSPS) is 25.9. The molecule has 1 atom stereocenters. The highest BCUT2D eigenvalue weighted by Gasteiger charge is 2.26. The zero-order valence-electron chi connectivity index (χ0n) is 5.14. The van der Waals surface area contributed by atoms with E-state index in [1.807, 2.05) is 5.32 Å². The third-order valence-electron chi connectivity index (χ3n) is 1.27. The van der Waals surface area contributed by atoms with Crippen LogP contribution in [-0.4, -0.2) is 25.2 Å². The van der Waals surface area contributed by atoms with Gasteiger partial charge in [-0.15, -0.1) is 0 Å². The summed E-state index contributed by atoms with van der Waals surface area (Å²) in [6.45, 7) is 0.0842. The highest BCUT2D eigenvalue weighted by Crippen LogP contribution is 2.09. The van der Waals surface area contributed by atoms with Crippen LogP contribution >= 0.6 is 0 Å². The van der Waals surface area contributed by atoms with Gasteiger partial charge >= 0.3 is 6.09 Å². The molecule has 5 heteroatoms. The molecule has 1 heterocycles. The van der Waals surface area contributed by atoms with E-state index in [-0.39, 0.29) is 13.0 Å². The number of alkyl carbamates (subject to hydrolysis) is 1. The van der Waals surface area contributed by atoms with Crippen molar-refractivity contribution in [3.8, 4) is 0 Å². The van der Waals surface area contributed by atoms with E-state index in [0.29, 0.717) is 0 Å². The Balaban J connectivity index is 2.39. The van der Waals surface area contributed by atoms with Crippen molar-refractivity contribution in [3.05, 3.63) is 0 Å². The van der Waals surface area contributed by atoms with Gasteiger partial charge in [0.1, 0.15) is 0 Å². The number of hydrogen-bond donors (Lipinski definition) is 1. The number of ether oxygens (including phenoxy) is 1. The molecule has 0 aromatic carbocycles. The number of rotatable bonds is 1. The fourth-order valence-electron chi connectivity index (χ4n) is 0.733. The lowest BCUT2D eigenvalue weighted by Gasteiger charge is -2.21. The first-order valence-corrected chi connectivity index (χ1v) is 2.91. The Labute approximate surface area is 56.3 Å². The van der Waals surface area contributed by atoms with Crippen molar-refractivity contribution in [2.24, 2.45) is 0 Å². The molecule has 1 amide bonds. The number of halogens is 2. The maximum absolute atomic E-state index is 11.8. The van der Waals surface area contributed by atoms with E-state index in [1.165, 1.54) is 0 Å². The molecular formula is C5H7F2NO2. The summed E-state index contributed by atoms with van der Waals surface area (Å²) in [5.74, 6) is 0. The van der Waals surface area contributed by atoms with Crippen LogP contribution in [0.15, 0.2) is 0 Å². The van der Waals surface area contributed by atoms with Crippen LogP contribution in [0.4, 0.5) is 13.6 Å². The van der Waals surface area contributed by atoms with Crippen molar-refractivity contribution in [1.82, 2.24) is 5.32 Å². The third kappa shape index (κ3) is 1.55. The first-order valence-electron chi connectivity index (χ1n) is 2.91. The number of hydrogen-bond acceptors (Lipinski definition) is 2. The fourth-order valence-corrected chi connectivity index (χ4v) is 0.733. The molecule has 0 bridgehead atoms. The van der Waals surface area contributed by atoms with Crippen molar-refractivity contribution >= 4 is 6.09 Å². The van der Waals surface area contributed by atoms with E-state index in [4.69, 9.17) is 0 Å². The first-order chi connectivity index (χ1) is 4.70. The number of alkyl halides is 2. The van der Waals surface area contributed by atoms with Crippen LogP contribution in [0.25, 0.3) is 0 Å². The predicted octanol–water partition coefficient (Wildman–Crippen LogP) is 0.750. The van der Waals surface area contributed by atoms with E-state index < -0.39 is 18.6 Å². The lowest BCUT2D eigenvalue weighted by Crippen LogP contribution is -2.45. The largest absolute Gasteiger partial charge is 0.449 e. The monoisotopic (exact) mass is 151 g/mol. The average molecular weight is 151 g/mol. The molecular weight excluding hydrogens is 144 g/mol. The Kier molecular flexibility index (Phi) is 2.03. The molecule has 1 N–H and O–H groups in total. The number of cyclic esters (lactones) is 1. The van der Waals surface area contributed by atoms with Crippen molar-refractivity contribution < 1.29 is 18.3 Å². The van der Waals surface area contributed by atoms with Crippen molar-refractivity contribution in [1.29, 1.82) is 0 Å². The van der Waals surface area contributed by atoms with Gasteiger partial charge in [0.15, 0.2) is 0 Å². The maximum Gasteiger partial charge on any atom is 0.407 e. The first kappa shape index (κ1) is 7.24. The van der Waals surface area contributed by atoms with Gasteiger partial charge in [0.2, 0.25) is 0 Å². The standard InChI is InChI=1S/C5H7F2NO2/c6-4(7)3-1-2-10-5(9)8-3/h3-4H,1-2H2,(H,8,9)/t3-/m0/s1. The lowest BCUT2D eigenvalue weighted by molar-refractivity contribution is 0.0482. The van der Waals surface area contributed by atoms with Crippen molar-refractivity contribution in [2.45, 2.75) is 18.9 Å². The lowest BCUT2D eigenvalue weighted by atomic mass is 10.2. The van der Waals surface area contributed by atoms with Crippen LogP contribution in [0.2, 0.25) is 0 Å². The van der Waals surface area contributed by atoms with Gasteiger partial charge in [0, 0.05) is 6.42 Å². The minimum atomic E-state index is -2.49. The van der Waals surface area contributed by atoms with Gasteiger partial charge in [0.25, 0.3) is 6.43 Å². The zero-order valence-corrected chi connectivity index (χ0v) is 5.14. The molecule has 0 aromatic heterocycles. The minimum Gasteiger partial charge on any atom is -0.449 e. The SMILES string of the molecule is O=C1N[C@H](C(F)F)CCO1. The summed E-state index contributed by atoms with van der Waals surface area (Å²) in [5.41, 5.74) is 0. The molecule has 0 aliphatic carbocycles. The second-order valence-electron chi connectivity index (χ2n) is 2.01. The second kappa shape index (κ2) is 2.81. The number of carbonyl (C=O) groups is 1. The molecule has 0 spiro atoms. The number of nitrogens with one attached hydrogen (secondary N) is 1. The molecule has 58 valence electrons. The summed E-state index contributed by atoms with van der Waals surface area (Å²) in [7, 11) is 0. The Morgan fingerprint density at radius 2 is 2.40 bits per heavy atom. The Morgan fingerprint density at radius 3 is 2.80 bits per heavy atom. The predicted molar refractivity (Wildman–Crippen MR) is 28.9 cm³/mol. The fraction of sp³-hybridized carbons (Fsp3) is 0.800. The molecule has 1 rings (SSSR count). The maximum atomic E-state index is 11.8. The summed E-state index contributed by atoms with van der Waals surface area (Å²) in [6, 6.07) is -1.03. The van der Waals surface area contributed by atoms with Crippen LogP contribution in [0.3, 0.4) is 0 Å². The Bertz CT molecular complexity index is 140. The molecule has 0 saturated carbocycles. The molecule has 0 radical (unpaired) electrons. The van der Waals surface area contributed by atoms with Gasteiger partial charge in [0.05, 0.1) is 12.6 Å². The Hall–Kier alpha value is -0.870. The molecule has 1 saturated heterocycles. The van der Waals surface area contributed by atoms with Gasteiger partial charge in [-0.3, -0.25) is 0 Å². The molecule has 1 aliphatic rings. The molecule has 0 aromatic rings. The van der Waals surface area contributed by atoms with Crippen LogP contribution < -0.4 is 5.32 Å². The van der Waals surface area contributed by atoms with Gasteiger partial charge in [-0.1, -0.05) is 0 Å². The summed E-state index contributed by atoms with van der Waals surface area (Å²) >= 11 is 0. The van der Waals surface area contributed by atoms with Gasteiger partial charge < -0.3 is 10.1 Å².